The monoisotopic (exact) mass is 267 g/mol. The fourth-order valence-corrected chi connectivity index (χ4v) is 3.01. The van der Waals surface area contributed by atoms with Crippen molar-refractivity contribution < 1.29 is 9.59 Å². The first-order chi connectivity index (χ1) is 8.99. The van der Waals surface area contributed by atoms with Crippen LogP contribution in [0.1, 0.15) is 33.1 Å². The van der Waals surface area contributed by atoms with Crippen LogP contribution in [0.15, 0.2) is 0 Å². The van der Waals surface area contributed by atoms with Crippen molar-refractivity contribution in [2.45, 2.75) is 39.2 Å². The second kappa shape index (κ2) is 5.90. The minimum absolute atomic E-state index is 0.0371. The molecule has 0 aromatic heterocycles. The standard InChI is InChI=1S/C14H25N3O2/c1-10(2)13(18)16-5-7-17(8-6-16)14(19)11-3-4-12(15)9-11/h10-12H,3-9,15H2,1-2H3. The average molecular weight is 267 g/mol. The van der Waals surface area contributed by atoms with E-state index in [1.165, 1.54) is 0 Å². The van der Waals surface area contributed by atoms with E-state index in [9.17, 15) is 9.59 Å². The van der Waals surface area contributed by atoms with Crippen molar-refractivity contribution in [3.05, 3.63) is 0 Å². The molecule has 0 radical (unpaired) electrons. The van der Waals surface area contributed by atoms with Gasteiger partial charge in [-0.25, -0.2) is 0 Å². The molecule has 1 saturated carbocycles. The van der Waals surface area contributed by atoms with Gasteiger partial charge >= 0.3 is 0 Å². The summed E-state index contributed by atoms with van der Waals surface area (Å²) in [5.41, 5.74) is 5.86. The molecule has 2 atom stereocenters. The molecule has 108 valence electrons. The molecule has 2 aliphatic rings. The third-order valence-corrected chi connectivity index (χ3v) is 4.22. The average Bonchev–Trinajstić information content (AvgIpc) is 2.84. The van der Waals surface area contributed by atoms with E-state index in [4.69, 9.17) is 5.73 Å². The van der Waals surface area contributed by atoms with Crippen molar-refractivity contribution in [3.63, 3.8) is 0 Å². The number of rotatable bonds is 2. The Bertz CT molecular complexity index is 349. The summed E-state index contributed by atoms with van der Waals surface area (Å²) < 4.78 is 0. The number of nitrogens with zero attached hydrogens (tertiary/aromatic N) is 2. The second-order valence-corrected chi connectivity index (χ2v) is 6.08. The minimum atomic E-state index is 0.0371. The number of amides is 2. The lowest BCUT2D eigenvalue weighted by molar-refractivity contribution is -0.143. The molecule has 1 aliphatic heterocycles. The maximum Gasteiger partial charge on any atom is 0.225 e. The largest absolute Gasteiger partial charge is 0.339 e. The van der Waals surface area contributed by atoms with Gasteiger partial charge in [0.25, 0.3) is 0 Å². The van der Waals surface area contributed by atoms with Crippen LogP contribution in [-0.2, 0) is 9.59 Å². The summed E-state index contributed by atoms with van der Waals surface area (Å²) in [6.07, 6.45) is 2.71. The van der Waals surface area contributed by atoms with Crippen LogP contribution in [0.2, 0.25) is 0 Å². The molecule has 2 amide bonds. The maximum atomic E-state index is 12.3. The molecule has 0 bridgehead atoms. The number of hydrogen-bond acceptors (Lipinski definition) is 3. The molecule has 2 fully saturated rings. The predicted molar refractivity (Wildman–Crippen MR) is 73.3 cm³/mol. The van der Waals surface area contributed by atoms with Gasteiger partial charge in [0.2, 0.25) is 11.8 Å². The Labute approximate surface area is 115 Å². The number of carbonyl (C=O) groups excluding carboxylic acids is 2. The molecular formula is C14H25N3O2. The van der Waals surface area contributed by atoms with Crippen LogP contribution >= 0.6 is 0 Å². The Hall–Kier alpha value is -1.10. The van der Waals surface area contributed by atoms with Crippen LogP contribution in [0.4, 0.5) is 0 Å². The van der Waals surface area contributed by atoms with Gasteiger partial charge in [0.15, 0.2) is 0 Å². The minimum Gasteiger partial charge on any atom is -0.339 e. The molecule has 2 rings (SSSR count). The fraction of sp³-hybridized carbons (Fsp3) is 0.857. The fourth-order valence-electron chi connectivity index (χ4n) is 3.01. The molecular weight excluding hydrogens is 242 g/mol. The number of carbonyl (C=O) groups is 2. The zero-order valence-electron chi connectivity index (χ0n) is 12.0. The van der Waals surface area contributed by atoms with Crippen LogP contribution < -0.4 is 5.73 Å². The van der Waals surface area contributed by atoms with Crippen LogP contribution in [-0.4, -0.2) is 53.8 Å². The van der Waals surface area contributed by atoms with Gasteiger partial charge in [0.05, 0.1) is 0 Å². The van der Waals surface area contributed by atoms with Gasteiger partial charge in [-0.15, -0.1) is 0 Å². The lowest BCUT2D eigenvalue weighted by atomic mass is 10.1. The molecule has 2 N–H and O–H groups in total. The third kappa shape index (κ3) is 3.26. The lowest BCUT2D eigenvalue weighted by Gasteiger charge is -2.36. The van der Waals surface area contributed by atoms with Gasteiger partial charge in [0, 0.05) is 44.1 Å². The Morgan fingerprint density at radius 2 is 1.63 bits per heavy atom. The summed E-state index contributed by atoms with van der Waals surface area (Å²) in [4.78, 5) is 28.0. The molecule has 2 unspecified atom stereocenters. The first kappa shape index (κ1) is 14.3. The number of piperazine rings is 1. The highest BCUT2D eigenvalue weighted by Crippen LogP contribution is 2.26. The summed E-state index contributed by atoms with van der Waals surface area (Å²) in [5, 5.41) is 0. The van der Waals surface area contributed by atoms with Crippen LogP contribution in [0, 0.1) is 11.8 Å². The summed E-state index contributed by atoms with van der Waals surface area (Å²) >= 11 is 0. The topological polar surface area (TPSA) is 66.6 Å². The summed E-state index contributed by atoms with van der Waals surface area (Å²) in [7, 11) is 0. The van der Waals surface area contributed by atoms with Crippen molar-refractivity contribution in [1.29, 1.82) is 0 Å². The van der Waals surface area contributed by atoms with E-state index in [1.807, 2.05) is 23.6 Å². The Morgan fingerprint density at radius 3 is 2.11 bits per heavy atom. The van der Waals surface area contributed by atoms with Gasteiger partial charge in [-0.2, -0.15) is 0 Å². The zero-order valence-corrected chi connectivity index (χ0v) is 12.0. The summed E-state index contributed by atoms with van der Waals surface area (Å²) in [6, 6.07) is 0.192. The van der Waals surface area contributed by atoms with Gasteiger partial charge in [-0.3, -0.25) is 9.59 Å². The maximum absolute atomic E-state index is 12.3. The van der Waals surface area contributed by atoms with Gasteiger partial charge in [-0.1, -0.05) is 13.8 Å². The summed E-state index contributed by atoms with van der Waals surface area (Å²) in [5.74, 6) is 0.581. The Kier molecular flexibility index (Phi) is 4.45. The van der Waals surface area contributed by atoms with Gasteiger partial charge in [-0.05, 0) is 19.3 Å². The molecule has 0 aromatic carbocycles. The van der Waals surface area contributed by atoms with E-state index in [-0.39, 0.29) is 29.7 Å². The number of hydrogen-bond donors (Lipinski definition) is 1. The van der Waals surface area contributed by atoms with Crippen LogP contribution in [0.5, 0.6) is 0 Å². The second-order valence-electron chi connectivity index (χ2n) is 6.08. The molecule has 5 heteroatoms. The van der Waals surface area contributed by atoms with E-state index < -0.39 is 0 Å². The zero-order chi connectivity index (χ0) is 14.0. The predicted octanol–water partition coefficient (Wildman–Crippen LogP) is 0.441. The number of nitrogens with two attached hydrogens (primary N) is 1. The van der Waals surface area contributed by atoms with Crippen LogP contribution in [0.25, 0.3) is 0 Å². The normalized spacial score (nSPS) is 28.0. The van der Waals surface area contributed by atoms with Crippen molar-refractivity contribution in [2.75, 3.05) is 26.2 Å². The van der Waals surface area contributed by atoms with Crippen LogP contribution in [0.3, 0.4) is 0 Å². The van der Waals surface area contributed by atoms with Gasteiger partial charge < -0.3 is 15.5 Å². The van der Waals surface area contributed by atoms with E-state index in [0.29, 0.717) is 26.2 Å². The highest BCUT2D eigenvalue weighted by atomic mass is 16.2. The quantitative estimate of drug-likeness (QED) is 0.789. The Balaban J connectivity index is 1.83. The molecule has 1 aliphatic carbocycles. The summed E-state index contributed by atoms with van der Waals surface area (Å²) in [6.45, 7) is 6.51. The molecule has 0 spiro atoms. The molecule has 1 saturated heterocycles. The van der Waals surface area contributed by atoms with E-state index in [2.05, 4.69) is 0 Å². The van der Waals surface area contributed by atoms with E-state index in [0.717, 1.165) is 19.3 Å². The SMILES string of the molecule is CC(C)C(=O)N1CCN(C(=O)C2CCC(N)C2)CC1. The first-order valence-electron chi connectivity index (χ1n) is 7.32. The molecule has 19 heavy (non-hydrogen) atoms. The van der Waals surface area contributed by atoms with Crippen molar-refractivity contribution in [1.82, 2.24) is 9.80 Å². The lowest BCUT2D eigenvalue weighted by Crippen LogP contribution is -2.52. The highest BCUT2D eigenvalue weighted by molar-refractivity contribution is 5.81. The molecule has 0 aromatic rings. The third-order valence-electron chi connectivity index (χ3n) is 4.22. The van der Waals surface area contributed by atoms with E-state index >= 15 is 0 Å². The van der Waals surface area contributed by atoms with Crippen molar-refractivity contribution in [3.8, 4) is 0 Å². The van der Waals surface area contributed by atoms with Crippen molar-refractivity contribution in [2.24, 2.45) is 17.6 Å². The smallest absolute Gasteiger partial charge is 0.225 e. The van der Waals surface area contributed by atoms with Gasteiger partial charge in [0.1, 0.15) is 0 Å². The molecule has 1 heterocycles. The highest BCUT2D eigenvalue weighted by Gasteiger charge is 2.33. The molecule has 5 nitrogen and oxygen atoms in total. The Morgan fingerprint density at radius 1 is 1.05 bits per heavy atom. The first-order valence-corrected chi connectivity index (χ1v) is 7.32. The van der Waals surface area contributed by atoms with E-state index in [1.54, 1.807) is 0 Å². The van der Waals surface area contributed by atoms with Crippen molar-refractivity contribution >= 4 is 11.8 Å².